The number of aryl methyl sites for hydroxylation is 2. The first-order valence-corrected chi connectivity index (χ1v) is 8.36. The van der Waals surface area contributed by atoms with Gasteiger partial charge in [-0.1, -0.05) is 18.2 Å². The summed E-state index contributed by atoms with van der Waals surface area (Å²) in [4.78, 5) is 6.38. The lowest BCUT2D eigenvalue weighted by Crippen LogP contribution is -2.27. The Kier molecular flexibility index (Phi) is 3.68. The number of hydrogen-bond donors (Lipinski definition) is 2. The van der Waals surface area contributed by atoms with Crippen molar-refractivity contribution in [2.75, 3.05) is 18.6 Å². The number of hydrogen-bond acceptors (Lipinski definition) is 4. The number of aromatic nitrogens is 2. The average Bonchev–Trinajstić information content (AvgIpc) is 3.11. The van der Waals surface area contributed by atoms with Crippen LogP contribution >= 0.6 is 0 Å². The van der Waals surface area contributed by atoms with Crippen LogP contribution in [-0.4, -0.2) is 34.1 Å². The van der Waals surface area contributed by atoms with Crippen molar-refractivity contribution in [3.05, 3.63) is 59.6 Å². The normalized spacial score (nSPS) is 14.6. The van der Waals surface area contributed by atoms with Gasteiger partial charge in [-0.25, -0.2) is 4.98 Å². The zero-order valence-corrected chi connectivity index (χ0v) is 14.9. The molecular weight excluding hydrogens is 328 g/mol. The van der Waals surface area contributed by atoms with Crippen LogP contribution in [0.4, 0.5) is 5.69 Å². The van der Waals surface area contributed by atoms with Gasteiger partial charge in [0.1, 0.15) is 23.2 Å². The van der Waals surface area contributed by atoms with E-state index in [1.165, 1.54) is 0 Å². The Morgan fingerprint density at radius 2 is 1.96 bits per heavy atom. The molecule has 2 aromatic carbocycles. The number of nitrogens with zero attached hydrogens (tertiary/aromatic N) is 3. The van der Waals surface area contributed by atoms with Gasteiger partial charge in [0.15, 0.2) is 0 Å². The predicted molar refractivity (Wildman–Crippen MR) is 103 cm³/mol. The summed E-state index contributed by atoms with van der Waals surface area (Å²) in [6.45, 7) is 2.21. The van der Waals surface area contributed by atoms with E-state index in [1.54, 1.807) is 12.0 Å². The first-order valence-electron chi connectivity index (χ1n) is 8.36. The molecule has 26 heavy (non-hydrogen) atoms. The van der Waals surface area contributed by atoms with Gasteiger partial charge < -0.3 is 19.3 Å². The van der Waals surface area contributed by atoms with Crippen molar-refractivity contribution in [1.29, 1.82) is 5.41 Å². The van der Waals surface area contributed by atoms with E-state index in [0.29, 0.717) is 17.1 Å². The van der Waals surface area contributed by atoms with E-state index in [1.807, 2.05) is 61.0 Å². The number of imidazole rings is 1. The highest BCUT2D eigenvalue weighted by atomic mass is 16.5. The number of aliphatic hydroxyl groups excluding tert-OH is 1. The fourth-order valence-corrected chi connectivity index (χ4v) is 3.40. The second kappa shape index (κ2) is 5.91. The van der Waals surface area contributed by atoms with Gasteiger partial charge in [-0.05, 0) is 36.8 Å². The van der Waals surface area contributed by atoms with E-state index in [2.05, 4.69) is 4.98 Å². The second-order valence-electron chi connectivity index (χ2n) is 6.41. The van der Waals surface area contributed by atoms with Crippen LogP contribution < -0.4 is 9.64 Å². The number of anilines is 1. The highest BCUT2D eigenvalue weighted by molar-refractivity contribution is 6.30. The largest absolute Gasteiger partial charge is 0.509 e. The van der Waals surface area contributed by atoms with Gasteiger partial charge in [-0.3, -0.25) is 5.41 Å². The lowest BCUT2D eigenvalue weighted by Gasteiger charge is -2.22. The Hall–Kier alpha value is -3.28. The van der Waals surface area contributed by atoms with Gasteiger partial charge >= 0.3 is 0 Å². The van der Waals surface area contributed by atoms with Crippen LogP contribution in [0.25, 0.3) is 16.6 Å². The molecule has 0 radical (unpaired) electrons. The van der Waals surface area contributed by atoms with Gasteiger partial charge in [0.05, 0.1) is 35.9 Å². The molecule has 0 saturated heterocycles. The van der Waals surface area contributed by atoms with Crippen LogP contribution in [0, 0.1) is 12.3 Å². The van der Waals surface area contributed by atoms with E-state index in [4.69, 9.17) is 10.1 Å². The van der Waals surface area contributed by atoms with Gasteiger partial charge in [-0.15, -0.1) is 0 Å². The van der Waals surface area contributed by atoms with Crippen molar-refractivity contribution >= 4 is 28.1 Å². The number of rotatable bonds is 3. The molecule has 0 unspecified atom stereocenters. The fraction of sp³-hybridized carbons (Fsp3) is 0.200. The standard InChI is InChI=1S/C20H20N4O2/c1-12-8-9-17(26-3)15(10-12)24-11-16(25)18(19(24)21)20-22-13-6-4-5-7-14(13)23(20)2/h4-10,21,25H,11H2,1-3H3. The highest BCUT2D eigenvalue weighted by Crippen LogP contribution is 2.36. The number of para-hydroxylation sites is 2. The van der Waals surface area contributed by atoms with Gasteiger partial charge in [0, 0.05) is 7.05 Å². The van der Waals surface area contributed by atoms with Crippen LogP contribution in [0.1, 0.15) is 11.4 Å². The quantitative estimate of drug-likeness (QED) is 0.757. The minimum Gasteiger partial charge on any atom is -0.509 e. The Balaban J connectivity index is 1.80. The molecule has 0 spiro atoms. The van der Waals surface area contributed by atoms with Crippen molar-refractivity contribution in [2.45, 2.75) is 6.92 Å². The number of fused-ring (bicyclic) bond motifs is 1. The Morgan fingerprint density at radius 3 is 2.69 bits per heavy atom. The molecule has 0 atom stereocenters. The molecule has 0 saturated carbocycles. The van der Waals surface area contributed by atoms with Crippen LogP contribution in [0.3, 0.4) is 0 Å². The minimum absolute atomic E-state index is 0.136. The molecule has 6 heteroatoms. The van der Waals surface area contributed by atoms with Gasteiger partial charge in [-0.2, -0.15) is 0 Å². The maximum Gasteiger partial charge on any atom is 0.148 e. The third-order valence-electron chi connectivity index (χ3n) is 4.74. The minimum atomic E-state index is 0.136. The van der Waals surface area contributed by atoms with E-state index in [0.717, 1.165) is 22.3 Å². The lowest BCUT2D eigenvalue weighted by atomic mass is 10.2. The third kappa shape index (κ3) is 2.34. The number of benzene rings is 2. The first-order chi connectivity index (χ1) is 12.5. The monoisotopic (exact) mass is 348 g/mol. The van der Waals surface area contributed by atoms with Crippen molar-refractivity contribution in [2.24, 2.45) is 7.05 Å². The smallest absolute Gasteiger partial charge is 0.148 e. The molecule has 132 valence electrons. The van der Waals surface area contributed by atoms with Crippen LogP contribution in [-0.2, 0) is 7.05 Å². The summed E-state index contributed by atoms with van der Waals surface area (Å²) in [7, 11) is 3.50. The second-order valence-corrected chi connectivity index (χ2v) is 6.41. The SMILES string of the molecule is COc1ccc(C)cc1N1CC(O)=C(c2nc3ccccc3n2C)C1=N. The summed E-state index contributed by atoms with van der Waals surface area (Å²) < 4.78 is 7.36. The Bertz CT molecular complexity index is 1060. The summed E-state index contributed by atoms with van der Waals surface area (Å²) in [5.41, 5.74) is 4.07. The zero-order chi connectivity index (χ0) is 18.4. The summed E-state index contributed by atoms with van der Waals surface area (Å²) in [6, 6.07) is 13.6. The van der Waals surface area contributed by atoms with Crippen molar-refractivity contribution in [3.8, 4) is 5.75 Å². The number of amidine groups is 1. The summed E-state index contributed by atoms with van der Waals surface area (Å²) >= 11 is 0. The molecule has 0 fully saturated rings. The van der Waals surface area contributed by atoms with Crippen LogP contribution in [0.2, 0.25) is 0 Å². The molecule has 1 aliphatic heterocycles. The zero-order valence-electron chi connectivity index (χ0n) is 14.9. The fourth-order valence-electron chi connectivity index (χ4n) is 3.40. The van der Waals surface area contributed by atoms with Crippen molar-refractivity contribution < 1.29 is 9.84 Å². The molecule has 3 aromatic rings. The topological polar surface area (TPSA) is 74.4 Å². The number of ether oxygens (including phenoxy) is 1. The number of methoxy groups -OCH3 is 1. The van der Waals surface area contributed by atoms with E-state index in [-0.39, 0.29) is 18.1 Å². The maximum atomic E-state index is 10.6. The lowest BCUT2D eigenvalue weighted by molar-refractivity contribution is 0.406. The predicted octanol–water partition coefficient (Wildman–Crippen LogP) is 3.66. The highest BCUT2D eigenvalue weighted by Gasteiger charge is 2.33. The van der Waals surface area contributed by atoms with Crippen LogP contribution in [0.5, 0.6) is 5.75 Å². The summed E-state index contributed by atoms with van der Waals surface area (Å²) in [6.07, 6.45) is 0. The molecule has 0 amide bonds. The van der Waals surface area contributed by atoms with Crippen LogP contribution in [0.15, 0.2) is 48.2 Å². The first kappa shape index (κ1) is 16.2. The van der Waals surface area contributed by atoms with Crippen molar-refractivity contribution in [3.63, 3.8) is 0 Å². The Morgan fingerprint density at radius 1 is 1.19 bits per heavy atom. The van der Waals surface area contributed by atoms with E-state index >= 15 is 0 Å². The summed E-state index contributed by atoms with van der Waals surface area (Å²) in [5.74, 6) is 1.60. The molecule has 6 nitrogen and oxygen atoms in total. The molecule has 0 bridgehead atoms. The maximum absolute atomic E-state index is 10.6. The van der Waals surface area contributed by atoms with Gasteiger partial charge in [0.2, 0.25) is 0 Å². The van der Waals surface area contributed by atoms with E-state index in [9.17, 15) is 5.11 Å². The molecule has 1 aliphatic rings. The molecule has 4 rings (SSSR count). The molecular formula is C20H20N4O2. The molecule has 0 aliphatic carbocycles. The van der Waals surface area contributed by atoms with E-state index < -0.39 is 0 Å². The number of nitrogens with one attached hydrogen (secondary N) is 1. The third-order valence-corrected chi connectivity index (χ3v) is 4.74. The van der Waals surface area contributed by atoms with Gasteiger partial charge in [0.25, 0.3) is 0 Å². The number of aliphatic hydroxyl groups is 1. The van der Waals surface area contributed by atoms with Crippen molar-refractivity contribution in [1.82, 2.24) is 9.55 Å². The molecule has 1 aromatic heterocycles. The molecule has 2 N–H and O–H groups in total. The Labute approximate surface area is 151 Å². The summed E-state index contributed by atoms with van der Waals surface area (Å²) in [5, 5.41) is 19.3. The molecule has 2 heterocycles. The average molecular weight is 348 g/mol.